The van der Waals surface area contributed by atoms with E-state index in [1.54, 1.807) is 12.3 Å². The number of hydrogen-bond donors (Lipinski definition) is 0. The monoisotopic (exact) mass is 289 g/mol. The molecule has 19 heavy (non-hydrogen) atoms. The van der Waals surface area contributed by atoms with E-state index < -0.39 is 0 Å². The highest BCUT2D eigenvalue weighted by Crippen LogP contribution is 2.30. The zero-order valence-corrected chi connectivity index (χ0v) is 11.4. The van der Waals surface area contributed by atoms with E-state index in [0.717, 1.165) is 20.7 Å². The lowest BCUT2D eigenvalue weighted by molar-refractivity contribution is 0.624. The van der Waals surface area contributed by atoms with Crippen LogP contribution >= 0.6 is 23.4 Å². The number of aromatic nitrogens is 1. The van der Waals surface area contributed by atoms with E-state index in [4.69, 9.17) is 11.6 Å². The Bertz CT molecular complexity index is 745. The van der Waals surface area contributed by atoms with Gasteiger partial charge in [0, 0.05) is 21.4 Å². The Kier molecular flexibility index (Phi) is 3.40. The molecule has 0 saturated heterocycles. The van der Waals surface area contributed by atoms with Crippen LogP contribution in [0, 0.1) is 5.82 Å². The summed E-state index contributed by atoms with van der Waals surface area (Å²) < 4.78 is 13.1. The molecule has 1 nitrogen and oxygen atoms in total. The van der Waals surface area contributed by atoms with Crippen LogP contribution in [0.25, 0.3) is 10.9 Å². The number of nitrogens with zero attached hydrogens (tertiary/aromatic N) is 1. The van der Waals surface area contributed by atoms with Crippen molar-refractivity contribution >= 4 is 34.3 Å². The molecular weight excluding hydrogens is 281 g/mol. The molecule has 0 N–H and O–H groups in total. The topological polar surface area (TPSA) is 12.9 Å². The Morgan fingerprint density at radius 2 is 1.84 bits per heavy atom. The lowest BCUT2D eigenvalue weighted by Crippen LogP contribution is -1.82. The Balaban J connectivity index is 1.98. The average molecular weight is 290 g/mol. The first-order chi connectivity index (χ1) is 9.22. The zero-order valence-electron chi connectivity index (χ0n) is 9.81. The molecule has 94 valence electrons. The molecule has 1 aromatic heterocycles. The van der Waals surface area contributed by atoms with Crippen molar-refractivity contribution in [1.29, 1.82) is 0 Å². The van der Waals surface area contributed by atoms with Crippen LogP contribution < -0.4 is 0 Å². The van der Waals surface area contributed by atoms with Crippen molar-refractivity contribution in [2.45, 2.75) is 9.79 Å². The first-order valence-corrected chi connectivity index (χ1v) is 6.89. The van der Waals surface area contributed by atoms with Crippen molar-refractivity contribution in [3.05, 3.63) is 65.6 Å². The largest absolute Gasteiger partial charge is 0.254 e. The highest BCUT2D eigenvalue weighted by atomic mass is 35.5. The van der Waals surface area contributed by atoms with Crippen LogP contribution in [-0.2, 0) is 0 Å². The highest BCUT2D eigenvalue weighted by Gasteiger charge is 2.03. The molecule has 0 unspecified atom stereocenters. The van der Waals surface area contributed by atoms with E-state index in [1.165, 1.54) is 23.9 Å². The van der Waals surface area contributed by atoms with Crippen molar-refractivity contribution in [2.75, 3.05) is 0 Å². The van der Waals surface area contributed by atoms with Crippen LogP contribution in [0.5, 0.6) is 0 Å². The maximum atomic E-state index is 13.1. The van der Waals surface area contributed by atoms with Crippen molar-refractivity contribution in [3.8, 4) is 0 Å². The molecular formula is C15H9ClFNS. The second-order valence-electron chi connectivity index (χ2n) is 4.04. The van der Waals surface area contributed by atoms with E-state index in [2.05, 4.69) is 4.98 Å². The Hall–Kier alpha value is -1.58. The van der Waals surface area contributed by atoms with Gasteiger partial charge < -0.3 is 0 Å². The predicted octanol–water partition coefficient (Wildman–Crippen LogP) is 5.18. The molecule has 0 atom stereocenters. The van der Waals surface area contributed by atoms with E-state index in [1.807, 2.05) is 30.3 Å². The molecule has 0 aliphatic rings. The van der Waals surface area contributed by atoms with Crippen LogP contribution in [0.15, 0.2) is 64.5 Å². The first kappa shape index (κ1) is 12.5. The van der Waals surface area contributed by atoms with Crippen LogP contribution in [0.1, 0.15) is 0 Å². The number of para-hydroxylation sites is 1. The van der Waals surface area contributed by atoms with Gasteiger partial charge >= 0.3 is 0 Å². The van der Waals surface area contributed by atoms with Gasteiger partial charge in [-0.1, -0.05) is 41.6 Å². The van der Waals surface area contributed by atoms with Gasteiger partial charge in [-0.05, 0) is 30.3 Å². The number of pyridine rings is 1. The number of benzene rings is 2. The maximum absolute atomic E-state index is 13.1. The fourth-order valence-electron chi connectivity index (χ4n) is 1.83. The summed E-state index contributed by atoms with van der Waals surface area (Å²) in [5.41, 5.74) is 0.785. The Labute approximate surface area is 119 Å². The summed E-state index contributed by atoms with van der Waals surface area (Å²) in [4.78, 5) is 6.16. The second kappa shape index (κ2) is 5.19. The molecule has 4 heteroatoms. The summed E-state index contributed by atoms with van der Waals surface area (Å²) in [5, 5.41) is 1.62. The third-order valence-corrected chi connectivity index (χ3v) is 3.92. The smallest absolute Gasteiger partial charge is 0.124 e. The summed E-state index contributed by atoms with van der Waals surface area (Å²) in [6.45, 7) is 0. The van der Waals surface area contributed by atoms with Crippen LogP contribution in [0.3, 0.4) is 0 Å². The van der Waals surface area contributed by atoms with E-state index >= 15 is 0 Å². The van der Waals surface area contributed by atoms with E-state index in [9.17, 15) is 4.39 Å². The van der Waals surface area contributed by atoms with Crippen molar-refractivity contribution < 1.29 is 4.39 Å². The third kappa shape index (κ3) is 2.72. The molecule has 0 fully saturated rings. The first-order valence-electron chi connectivity index (χ1n) is 5.70. The van der Waals surface area contributed by atoms with Gasteiger partial charge in [0.1, 0.15) is 5.82 Å². The molecule has 0 spiro atoms. The van der Waals surface area contributed by atoms with Crippen LogP contribution in [-0.4, -0.2) is 4.98 Å². The van der Waals surface area contributed by atoms with Gasteiger partial charge in [0.25, 0.3) is 0 Å². The molecule has 0 aliphatic heterocycles. The summed E-state index contributed by atoms with van der Waals surface area (Å²) >= 11 is 7.55. The molecule has 3 rings (SSSR count). The third-order valence-electron chi connectivity index (χ3n) is 2.67. The maximum Gasteiger partial charge on any atom is 0.124 e. The van der Waals surface area contributed by atoms with Gasteiger partial charge in [-0.3, -0.25) is 4.98 Å². The fourth-order valence-corrected chi connectivity index (χ4v) is 2.94. The van der Waals surface area contributed by atoms with Crippen LogP contribution in [0.2, 0.25) is 5.02 Å². The Morgan fingerprint density at radius 3 is 2.68 bits per heavy atom. The lowest BCUT2D eigenvalue weighted by atomic mass is 10.2. The molecule has 3 aromatic rings. The van der Waals surface area contributed by atoms with E-state index in [-0.39, 0.29) is 5.82 Å². The molecule has 0 bridgehead atoms. The van der Waals surface area contributed by atoms with Crippen LogP contribution in [0.4, 0.5) is 4.39 Å². The van der Waals surface area contributed by atoms with Crippen molar-refractivity contribution in [1.82, 2.24) is 4.98 Å². The van der Waals surface area contributed by atoms with Gasteiger partial charge in [-0.25, -0.2) is 4.39 Å². The molecule has 0 aliphatic carbocycles. The van der Waals surface area contributed by atoms with Gasteiger partial charge in [-0.2, -0.15) is 0 Å². The fraction of sp³-hybridized carbons (Fsp3) is 0. The minimum Gasteiger partial charge on any atom is -0.254 e. The average Bonchev–Trinajstić information content (AvgIpc) is 2.39. The molecule has 0 radical (unpaired) electrons. The Morgan fingerprint density at radius 1 is 1.00 bits per heavy atom. The minimum atomic E-state index is -0.234. The number of rotatable bonds is 2. The zero-order chi connectivity index (χ0) is 13.2. The SMILES string of the molecule is Fc1cccc(Sc2cnc3c(Cl)cccc3c2)c1. The van der Waals surface area contributed by atoms with Crippen molar-refractivity contribution in [2.24, 2.45) is 0 Å². The van der Waals surface area contributed by atoms with Gasteiger partial charge in [-0.15, -0.1) is 0 Å². The van der Waals surface area contributed by atoms with Crippen molar-refractivity contribution in [3.63, 3.8) is 0 Å². The summed E-state index contributed by atoms with van der Waals surface area (Å²) in [6.07, 6.45) is 1.75. The predicted molar refractivity (Wildman–Crippen MR) is 77.3 cm³/mol. The number of fused-ring (bicyclic) bond motifs is 1. The normalized spacial score (nSPS) is 10.8. The highest BCUT2D eigenvalue weighted by molar-refractivity contribution is 7.99. The van der Waals surface area contributed by atoms with E-state index in [0.29, 0.717) is 5.02 Å². The minimum absolute atomic E-state index is 0.234. The summed E-state index contributed by atoms with van der Waals surface area (Å²) in [5.74, 6) is -0.234. The van der Waals surface area contributed by atoms with Gasteiger partial charge in [0.2, 0.25) is 0 Å². The second-order valence-corrected chi connectivity index (χ2v) is 5.60. The summed E-state index contributed by atoms with van der Waals surface area (Å²) in [6, 6.07) is 14.2. The quantitative estimate of drug-likeness (QED) is 0.645. The number of halogens is 2. The molecule has 0 amide bonds. The summed E-state index contributed by atoms with van der Waals surface area (Å²) in [7, 11) is 0. The lowest BCUT2D eigenvalue weighted by Gasteiger charge is -2.04. The molecule has 0 saturated carbocycles. The van der Waals surface area contributed by atoms with Gasteiger partial charge in [0.15, 0.2) is 0 Å². The molecule has 2 aromatic carbocycles. The standard InChI is InChI=1S/C15H9ClFNS/c16-14-6-1-3-10-7-13(9-18-15(10)14)19-12-5-2-4-11(17)8-12/h1-9H. The van der Waals surface area contributed by atoms with Gasteiger partial charge in [0.05, 0.1) is 10.5 Å². The molecule has 1 heterocycles. The number of hydrogen-bond acceptors (Lipinski definition) is 2.